The number of carbonyl (C=O) groups is 1. The standard InChI is InChI=1S/C34H42N6O4/c1-34(2,3)22-17-21(20-41)31(43-5)27(18-22)36-33(42)35-26-13-14-29(25-10-7-6-9-24(25)26)44-23-12-15-30-37-38-32(40(30)19-23)28-11-8-16-39(28)4/h6-7,9-10,12,15,17-19,26,28-29,41H,8,11,13-14,16,20H2,1-5H3,(H2,35,36,42)/t26-,28-,29+/m0/s1. The number of aliphatic hydroxyl groups is 1. The highest BCUT2D eigenvalue weighted by Gasteiger charge is 2.31. The molecular weight excluding hydrogens is 556 g/mol. The van der Waals surface area contributed by atoms with Crippen LogP contribution in [0.15, 0.2) is 54.7 Å². The summed E-state index contributed by atoms with van der Waals surface area (Å²) in [6, 6.07) is 15.6. The maximum atomic E-state index is 13.4. The third-order valence-electron chi connectivity index (χ3n) is 8.89. The predicted octanol–water partition coefficient (Wildman–Crippen LogP) is 6.07. The molecule has 4 aromatic rings. The van der Waals surface area contributed by atoms with Crippen molar-refractivity contribution in [3.8, 4) is 11.5 Å². The van der Waals surface area contributed by atoms with E-state index < -0.39 is 0 Å². The quantitative estimate of drug-likeness (QED) is 0.237. The number of likely N-dealkylation sites (tertiary alicyclic amines) is 1. The van der Waals surface area contributed by atoms with Gasteiger partial charge in [-0.2, -0.15) is 0 Å². The van der Waals surface area contributed by atoms with E-state index in [1.807, 2.05) is 42.6 Å². The summed E-state index contributed by atoms with van der Waals surface area (Å²) >= 11 is 0. The number of nitrogens with zero attached hydrogens (tertiary/aromatic N) is 4. The summed E-state index contributed by atoms with van der Waals surface area (Å²) in [6.45, 7) is 7.14. The number of hydrogen-bond donors (Lipinski definition) is 3. The monoisotopic (exact) mass is 598 g/mol. The lowest BCUT2D eigenvalue weighted by atomic mass is 9.85. The molecule has 10 nitrogen and oxygen atoms in total. The predicted molar refractivity (Wildman–Crippen MR) is 169 cm³/mol. The van der Waals surface area contributed by atoms with Crippen LogP contribution >= 0.6 is 0 Å². The van der Waals surface area contributed by atoms with Crippen LogP contribution in [0.5, 0.6) is 11.5 Å². The van der Waals surface area contributed by atoms with Crippen LogP contribution in [0.1, 0.15) is 92.7 Å². The van der Waals surface area contributed by atoms with Gasteiger partial charge in [0.25, 0.3) is 0 Å². The fourth-order valence-electron chi connectivity index (χ4n) is 6.50. The van der Waals surface area contributed by atoms with Crippen molar-refractivity contribution in [2.24, 2.45) is 0 Å². The van der Waals surface area contributed by atoms with Gasteiger partial charge in [-0.15, -0.1) is 10.2 Å². The Kier molecular flexibility index (Phi) is 8.22. The zero-order valence-electron chi connectivity index (χ0n) is 26.1. The maximum Gasteiger partial charge on any atom is 0.319 e. The van der Waals surface area contributed by atoms with Crippen LogP contribution in [0, 0.1) is 0 Å². The SMILES string of the molecule is COc1c(CO)cc(C(C)(C)C)cc1NC(=O)N[C@H]1CC[C@@H](Oc2ccc3nnc([C@@H]4CCCN4C)n3c2)c2ccccc21. The number of aliphatic hydroxyl groups excluding tert-OH is 1. The number of aromatic nitrogens is 3. The lowest BCUT2D eigenvalue weighted by molar-refractivity contribution is 0.171. The Morgan fingerprint density at radius 1 is 1.07 bits per heavy atom. The number of pyridine rings is 1. The molecule has 0 radical (unpaired) electrons. The van der Waals surface area contributed by atoms with E-state index in [0.29, 0.717) is 23.4 Å². The van der Waals surface area contributed by atoms with E-state index in [4.69, 9.17) is 9.47 Å². The smallest absolute Gasteiger partial charge is 0.319 e. The number of ether oxygens (including phenoxy) is 2. The first-order valence-corrected chi connectivity index (χ1v) is 15.4. The van der Waals surface area contributed by atoms with Gasteiger partial charge in [0.1, 0.15) is 17.6 Å². The van der Waals surface area contributed by atoms with Crippen molar-refractivity contribution in [2.45, 2.75) is 76.7 Å². The minimum atomic E-state index is -0.333. The maximum absolute atomic E-state index is 13.4. The van der Waals surface area contributed by atoms with Gasteiger partial charge in [0.2, 0.25) is 0 Å². The minimum absolute atomic E-state index is 0.158. The number of nitrogens with one attached hydrogen (secondary N) is 2. The fraction of sp³-hybridized carbons (Fsp3) is 0.441. The Balaban J connectivity index is 1.20. The van der Waals surface area contributed by atoms with Crippen LogP contribution < -0.4 is 20.1 Å². The number of methoxy groups -OCH3 is 1. The average molecular weight is 599 g/mol. The molecule has 1 aliphatic carbocycles. The molecule has 1 saturated heterocycles. The van der Waals surface area contributed by atoms with E-state index in [0.717, 1.165) is 59.7 Å². The normalized spacial score (nSPS) is 20.4. The van der Waals surface area contributed by atoms with Crippen molar-refractivity contribution in [3.05, 3.63) is 82.8 Å². The number of carbonyl (C=O) groups excluding carboxylic acids is 1. The molecule has 1 aliphatic heterocycles. The molecule has 2 amide bonds. The van der Waals surface area contributed by atoms with E-state index in [1.54, 1.807) is 7.11 Å². The molecule has 3 heterocycles. The van der Waals surface area contributed by atoms with Crippen LogP contribution in [-0.2, 0) is 12.0 Å². The highest BCUT2D eigenvalue weighted by Crippen LogP contribution is 2.40. The molecule has 0 saturated carbocycles. The molecule has 6 rings (SSSR count). The van der Waals surface area contributed by atoms with E-state index in [9.17, 15) is 9.90 Å². The summed E-state index contributed by atoms with van der Waals surface area (Å²) in [5, 5.41) is 25.0. The van der Waals surface area contributed by atoms with Gasteiger partial charge in [-0.05, 0) is 85.6 Å². The molecule has 0 bridgehead atoms. The highest BCUT2D eigenvalue weighted by atomic mass is 16.5. The molecule has 0 unspecified atom stereocenters. The van der Waals surface area contributed by atoms with Crippen LogP contribution in [0.3, 0.4) is 0 Å². The molecule has 44 heavy (non-hydrogen) atoms. The van der Waals surface area contributed by atoms with Crippen molar-refractivity contribution >= 4 is 17.4 Å². The highest BCUT2D eigenvalue weighted by molar-refractivity contribution is 5.92. The van der Waals surface area contributed by atoms with Crippen LogP contribution in [0.25, 0.3) is 5.65 Å². The Morgan fingerprint density at radius 2 is 1.86 bits per heavy atom. The van der Waals surface area contributed by atoms with Crippen molar-refractivity contribution in [3.63, 3.8) is 0 Å². The first kappa shape index (κ1) is 29.9. The Labute approximate surface area is 258 Å². The molecule has 2 aromatic heterocycles. The molecule has 1 fully saturated rings. The zero-order valence-corrected chi connectivity index (χ0v) is 26.1. The van der Waals surface area contributed by atoms with E-state index in [1.165, 1.54) is 0 Å². The first-order chi connectivity index (χ1) is 21.2. The van der Waals surface area contributed by atoms with Gasteiger partial charge >= 0.3 is 6.03 Å². The summed E-state index contributed by atoms with van der Waals surface area (Å²) in [6.07, 6.45) is 5.50. The van der Waals surface area contributed by atoms with Crippen molar-refractivity contribution in [2.75, 3.05) is 26.0 Å². The summed E-state index contributed by atoms with van der Waals surface area (Å²) in [5.41, 5.74) is 4.87. The molecule has 0 spiro atoms. The van der Waals surface area contributed by atoms with E-state index in [-0.39, 0.29) is 36.2 Å². The van der Waals surface area contributed by atoms with Gasteiger partial charge in [-0.3, -0.25) is 9.30 Å². The summed E-state index contributed by atoms with van der Waals surface area (Å²) in [7, 11) is 3.68. The van der Waals surface area contributed by atoms with Gasteiger partial charge in [0.15, 0.2) is 11.5 Å². The number of amides is 2. The number of hydrogen-bond acceptors (Lipinski definition) is 7. The summed E-state index contributed by atoms with van der Waals surface area (Å²) in [5.74, 6) is 2.16. The van der Waals surface area contributed by atoms with Gasteiger partial charge in [-0.1, -0.05) is 45.0 Å². The number of anilines is 1. The summed E-state index contributed by atoms with van der Waals surface area (Å²) < 4.78 is 14.2. The minimum Gasteiger partial charge on any atom is -0.494 e. The second-order valence-electron chi connectivity index (χ2n) is 12.9. The Bertz CT molecular complexity index is 1660. The van der Waals surface area contributed by atoms with E-state index >= 15 is 0 Å². The van der Waals surface area contributed by atoms with Gasteiger partial charge in [0.05, 0.1) is 37.7 Å². The third kappa shape index (κ3) is 5.84. The first-order valence-electron chi connectivity index (χ1n) is 15.4. The van der Waals surface area contributed by atoms with E-state index in [2.05, 4.69) is 70.1 Å². The molecule has 3 atom stereocenters. The largest absolute Gasteiger partial charge is 0.494 e. The fourth-order valence-corrected chi connectivity index (χ4v) is 6.50. The third-order valence-corrected chi connectivity index (χ3v) is 8.89. The van der Waals surface area contributed by atoms with Crippen LogP contribution in [0.4, 0.5) is 10.5 Å². The second-order valence-corrected chi connectivity index (χ2v) is 12.9. The van der Waals surface area contributed by atoms with Crippen molar-refractivity contribution in [1.82, 2.24) is 24.8 Å². The number of benzene rings is 2. The summed E-state index contributed by atoms with van der Waals surface area (Å²) in [4.78, 5) is 15.7. The van der Waals surface area contributed by atoms with Gasteiger partial charge in [-0.25, -0.2) is 4.79 Å². The Hall–Kier alpha value is -4.15. The molecule has 3 N–H and O–H groups in total. The van der Waals surface area contributed by atoms with Crippen molar-refractivity contribution < 1.29 is 19.4 Å². The Morgan fingerprint density at radius 3 is 2.57 bits per heavy atom. The molecule has 2 aromatic carbocycles. The van der Waals surface area contributed by atoms with Gasteiger partial charge in [0, 0.05) is 5.56 Å². The molecular formula is C34H42N6O4. The van der Waals surface area contributed by atoms with Crippen LogP contribution in [-0.4, -0.2) is 51.3 Å². The number of urea groups is 1. The lowest BCUT2D eigenvalue weighted by Crippen LogP contribution is -2.35. The van der Waals surface area contributed by atoms with Gasteiger partial charge < -0.3 is 25.2 Å². The average Bonchev–Trinajstić information content (AvgIpc) is 3.62. The zero-order chi connectivity index (χ0) is 31.0. The molecule has 232 valence electrons. The lowest BCUT2D eigenvalue weighted by Gasteiger charge is -2.32. The number of fused-ring (bicyclic) bond motifs is 2. The molecule has 10 heteroatoms. The number of rotatable bonds is 7. The second kappa shape index (κ2) is 12.1. The molecule has 2 aliphatic rings. The topological polar surface area (TPSA) is 113 Å². The van der Waals surface area contributed by atoms with Crippen LogP contribution in [0.2, 0.25) is 0 Å². The van der Waals surface area contributed by atoms with Crippen molar-refractivity contribution in [1.29, 1.82) is 0 Å².